The molecule has 3 unspecified atom stereocenters. The molecule has 3 N–H and O–H groups in total. The molecule has 0 bridgehead atoms. The normalized spacial score (nSPS) is 12.1. The second-order valence-electron chi connectivity index (χ2n) is 7.69. The van der Waals surface area contributed by atoms with Crippen molar-refractivity contribution in [3.05, 3.63) is 48.6 Å². The molecule has 0 spiro atoms. The van der Waals surface area contributed by atoms with Crippen molar-refractivity contribution in [2.75, 3.05) is 0 Å². The summed E-state index contributed by atoms with van der Waals surface area (Å²) in [5.74, 6) is 0.201. The van der Waals surface area contributed by atoms with E-state index in [0.717, 1.165) is 19.3 Å². The van der Waals surface area contributed by atoms with Crippen LogP contribution in [0.1, 0.15) is 87.1 Å². The molecule has 0 aliphatic heterocycles. The van der Waals surface area contributed by atoms with Gasteiger partial charge in [0.1, 0.15) is 0 Å². The van der Waals surface area contributed by atoms with Crippen LogP contribution in [0.25, 0.3) is 0 Å². The van der Waals surface area contributed by atoms with Crippen molar-refractivity contribution in [2.45, 2.75) is 106 Å². The zero-order valence-corrected chi connectivity index (χ0v) is 21.6. The first kappa shape index (κ1) is 33.5. The highest BCUT2D eigenvalue weighted by Crippen LogP contribution is 2.10. The number of benzene rings is 1. The van der Waals surface area contributed by atoms with Crippen molar-refractivity contribution < 1.29 is 9.59 Å². The fourth-order valence-corrected chi connectivity index (χ4v) is 2.03. The molecule has 5 nitrogen and oxygen atoms in total. The van der Waals surface area contributed by atoms with Gasteiger partial charge in [-0.3, -0.25) is 9.59 Å². The topological polar surface area (TPSA) is 75.4 Å². The largest absolute Gasteiger partial charge is 0.354 e. The van der Waals surface area contributed by atoms with E-state index in [4.69, 9.17) is 5.73 Å². The number of rotatable bonds is 7. The highest BCUT2D eigenvalue weighted by atomic mass is 16.2. The predicted octanol–water partition coefficient (Wildman–Crippen LogP) is 5.69. The fourth-order valence-electron chi connectivity index (χ4n) is 2.03. The highest BCUT2D eigenvalue weighted by molar-refractivity contribution is 5.73. The number of nitrogens with zero attached hydrogens (tertiary/aromatic N) is 1. The van der Waals surface area contributed by atoms with E-state index < -0.39 is 0 Å². The second-order valence-corrected chi connectivity index (χ2v) is 7.69. The molecule has 0 radical (unpaired) electrons. The standard InChI is InChI=1S/C13H19NO.C6H13NO.C4H11N.C3H6/c1-4-11(2)14(12(3)15)10-13-8-6-5-7-9-13;1-4-5(2)7-6(3)8;1-3-4(2)5;1-3-2/h5-9,11H,4,10H2,1-3H3;5H,4H2,1-3H3,(H,7,8);4H,3,5H2,1-2H3;3H,1H2,2H3. The molecular weight excluding hydrogens is 386 g/mol. The van der Waals surface area contributed by atoms with Crippen LogP contribution >= 0.6 is 0 Å². The molecule has 1 rings (SSSR count). The van der Waals surface area contributed by atoms with E-state index in [0.29, 0.717) is 24.7 Å². The van der Waals surface area contributed by atoms with Gasteiger partial charge in [0.2, 0.25) is 11.8 Å². The Morgan fingerprint density at radius 3 is 1.74 bits per heavy atom. The van der Waals surface area contributed by atoms with Gasteiger partial charge in [-0.2, -0.15) is 0 Å². The van der Waals surface area contributed by atoms with Crippen molar-refractivity contribution in [3.8, 4) is 0 Å². The lowest BCUT2D eigenvalue weighted by Crippen LogP contribution is -2.35. The first-order valence-electron chi connectivity index (χ1n) is 11.4. The maximum absolute atomic E-state index is 11.5. The van der Waals surface area contributed by atoms with E-state index >= 15 is 0 Å². The van der Waals surface area contributed by atoms with E-state index in [1.807, 2.05) is 50.8 Å². The van der Waals surface area contributed by atoms with Crippen LogP contribution in [0.3, 0.4) is 0 Å². The average Bonchev–Trinajstić information content (AvgIpc) is 2.73. The van der Waals surface area contributed by atoms with Gasteiger partial charge in [-0.25, -0.2) is 0 Å². The summed E-state index contributed by atoms with van der Waals surface area (Å²) >= 11 is 0. The van der Waals surface area contributed by atoms with Crippen molar-refractivity contribution in [2.24, 2.45) is 5.73 Å². The van der Waals surface area contributed by atoms with E-state index in [2.05, 4.69) is 44.8 Å². The molecule has 0 aliphatic carbocycles. The number of allylic oxidation sites excluding steroid dienone is 1. The molecule has 31 heavy (non-hydrogen) atoms. The fraction of sp³-hybridized carbons (Fsp3) is 0.615. The van der Waals surface area contributed by atoms with Crippen LogP contribution in [-0.4, -0.2) is 34.8 Å². The highest BCUT2D eigenvalue weighted by Gasteiger charge is 2.14. The Bertz CT molecular complexity index is 559. The molecule has 1 aromatic carbocycles. The molecule has 180 valence electrons. The summed E-state index contributed by atoms with van der Waals surface area (Å²) in [5.41, 5.74) is 6.48. The van der Waals surface area contributed by atoms with Gasteiger partial charge >= 0.3 is 0 Å². The van der Waals surface area contributed by atoms with Crippen LogP contribution in [0.2, 0.25) is 0 Å². The van der Waals surface area contributed by atoms with Crippen LogP contribution in [0.15, 0.2) is 43.0 Å². The number of hydrogen-bond donors (Lipinski definition) is 2. The maximum Gasteiger partial charge on any atom is 0.219 e. The van der Waals surface area contributed by atoms with Crippen LogP contribution in [0.4, 0.5) is 0 Å². The van der Waals surface area contributed by atoms with Gasteiger partial charge in [0, 0.05) is 38.5 Å². The van der Waals surface area contributed by atoms with Gasteiger partial charge < -0.3 is 16.0 Å². The van der Waals surface area contributed by atoms with Crippen LogP contribution in [0.5, 0.6) is 0 Å². The van der Waals surface area contributed by atoms with E-state index in [1.54, 1.807) is 13.0 Å². The van der Waals surface area contributed by atoms with Gasteiger partial charge in [0.15, 0.2) is 0 Å². The summed E-state index contributed by atoms with van der Waals surface area (Å²) in [6.07, 6.45) is 4.83. The smallest absolute Gasteiger partial charge is 0.219 e. The molecular formula is C26H49N3O2. The maximum atomic E-state index is 11.5. The zero-order chi connectivity index (χ0) is 24.8. The lowest BCUT2D eigenvalue weighted by Gasteiger charge is -2.27. The number of carbonyl (C=O) groups excluding carboxylic acids is 2. The zero-order valence-electron chi connectivity index (χ0n) is 21.6. The molecule has 0 heterocycles. The van der Waals surface area contributed by atoms with Crippen LogP contribution < -0.4 is 11.1 Å². The molecule has 3 atom stereocenters. The molecule has 0 aromatic heterocycles. The van der Waals surface area contributed by atoms with Crippen LogP contribution in [-0.2, 0) is 16.1 Å². The number of hydrogen-bond acceptors (Lipinski definition) is 3. The molecule has 5 heteroatoms. The third-order valence-electron chi connectivity index (χ3n) is 4.43. The number of nitrogens with two attached hydrogens (primary N) is 1. The molecule has 2 amide bonds. The molecule has 1 aromatic rings. The van der Waals surface area contributed by atoms with Gasteiger partial charge in [-0.05, 0) is 52.5 Å². The van der Waals surface area contributed by atoms with Crippen molar-refractivity contribution in [1.29, 1.82) is 0 Å². The Kier molecular flexibility index (Phi) is 24.4. The van der Waals surface area contributed by atoms with E-state index in [9.17, 15) is 9.59 Å². The minimum Gasteiger partial charge on any atom is -0.354 e. The average molecular weight is 436 g/mol. The summed E-state index contributed by atoms with van der Waals surface area (Å²) in [7, 11) is 0. The number of nitrogens with one attached hydrogen (secondary N) is 1. The summed E-state index contributed by atoms with van der Waals surface area (Å²) in [6, 6.07) is 11.1. The second kappa shape index (κ2) is 22.5. The summed E-state index contributed by atoms with van der Waals surface area (Å²) in [4.78, 5) is 23.7. The van der Waals surface area contributed by atoms with Crippen molar-refractivity contribution in [3.63, 3.8) is 0 Å². The monoisotopic (exact) mass is 435 g/mol. The van der Waals surface area contributed by atoms with E-state index in [-0.39, 0.29) is 11.8 Å². The van der Waals surface area contributed by atoms with Gasteiger partial charge in [-0.1, -0.05) is 57.2 Å². The first-order valence-corrected chi connectivity index (χ1v) is 11.4. The number of carbonyl (C=O) groups is 2. The Balaban J connectivity index is -0.000000411. The summed E-state index contributed by atoms with van der Waals surface area (Å²) in [5, 5.41) is 2.75. The Morgan fingerprint density at radius 1 is 1.03 bits per heavy atom. The summed E-state index contributed by atoms with van der Waals surface area (Å²) < 4.78 is 0. The summed E-state index contributed by atoms with van der Waals surface area (Å²) in [6.45, 7) is 21.4. The minimum atomic E-state index is 0.0550. The molecule has 0 fully saturated rings. The van der Waals surface area contributed by atoms with Crippen molar-refractivity contribution in [1.82, 2.24) is 10.2 Å². The molecule has 0 saturated carbocycles. The third-order valence-corrected chi connectivity index (χ3v) is 4.43. The SMILES string of the molecule is C=CC.CCC(C)N.CCC(C)N(Cc1ccccc1)C(C)=O.CCC(C)NC(C)=O. The third kappa shape index (κ3) is 24.0. The van der Waals surface area contributed by atoms with Gasteiger partial charge in [0.25, 0.3) is 0 Å². The quantitative estimate of drug-likeness (QED) is 0.540. The lowest BCUT2D eigenvalue weighted by molar-refractivity contribution is -0.131. The minimum absolute atomic E-state index is 0.0550. The Morgan fingerprint density at radius 2 is 1.48 bits per heavy atom. The molecule has 0 saturated heterocycles. The molecule has 0 aliphatic rings. The predicted molar refractivity (Wildman–Crippen MR) is 136 cm³/mol. The van der Waals surface area contributed by atoms with E-state index in [1.165, 1.54) is 12.5 Å². The first-order chi connectivity index (χ1) is 14.5. The Hall–Kier alpha value is -2.14. The lowest BCUT2D eigenvalue weighted by atomic mass is 10.1. The van der Waals surface area contributed by atoms with Crippen LogP contribution in [0, 0.1) is 0 Å². The van der Waals surface area contributed by atoms with Crippen molar-refractivity contribution >= 4 is 11.8 Å². The van der Waals surface area contributed by atoms with Gasteiger partial charge in [-0.15, -0.1) is 6.58 Å². The number of amides is 2. The Labute approximate surface area is 192 Å². The van der Waals surface area contributed by atoms with Gasteiger partial charge in [0.05, 0.1) is 0 Å².